The van der Waals surface area contributed by atoms with Crippen LogP contribution in [0.4, 0.5) is 16.3 Å². The van der Waals surface area contributed by atoms with E-state index in [0.717, 1.165) is 41.5 Å². The van der Waals surface area contributed by atoms with Crippen LogP contribution in [0, 0.1) is 0 Å². The van der Waals surface area contributed by atoms with Gasteiger partial charge >= 0.3 is 6.03 Å². The Kier molecular flexibility index (Phi) is 8.45. The monoisotopic (exact) mass is 502 g/mol. The van der Waals surface area contributed by atoms with Crippen molar-refractivity contribution < 1.29 is 14.3 Å². The van der Waals surface area contributed by atoms with Crippen molar-refractivity contribution >= 4 is 28.6 Å². The van der Waals surface area contributed by atoms with Crippen molar-refractivity contribution in [1.82, 2.24) is 20.3 Å². The number of fused-ring (bicyclic) bond motifs is 1. The number of pyridine rings is 1. The number of hydrogen-bond acceptors (Lipinski definition) is 6. The number of nitrogens with one attached hydrogen (secondary N) is 2. The minimum absolute atomic E-state index is 0.0613. The molecule has 4 N–H and O–H groups in total. The van der Waals surface area contributed by atoms with Gasteiger partial charge in [-0.3, -0.25) is 4.90 Å². The molecule has 2 amide bonds. The van der Waals surface area contributed by atoms with Crippen molar-refractivity contribution in [3.05, 3.63) is 72.2 Å². The van der Waals surface area contributed by atoms with Gasteiger partial charge in [-0.25, -0.2) is 14.8 Å². The fourth-order valence-corrected chi connectivity index (χ4v) is 4.19. The van der Waals surface area contributed by atoms with Crippen molar-refractivity contribution in [2.24, 2.45) is 0 Å². The number of ether oxygens (including phenoxy) is 2. The number of methoxy groups -OCH3 is 1. The number of urea groups is 1. The molecule has 2 aromatic carbocycles. The zero-order valence-corrected chi connectivity index (χ0v) is 21.5. The third-order valence-corrected chi connectivity index (χ3v) is 6.05. The molecule has 4 rings (SSSR count). The van der Waals surface area contributed by atoms with Crippen molar-refractivity contribution in [3.8, 4) is 11.5 Å². The third-order valence-electron chi connectivity index (χ3n) is 6.05. The van der Waals surface area contributed by atoms with E-state index < -0.39 is 0 Å². The number of nitrogen functional groups attached to an aromatic ring is 1. The number of nitrogens with two attached hydrogens (primary N) is 1. The highest BCUT2D eigenvalue weighted by Gasteiger charge is 2.21. The first-order valence-electron chi connectivity index (χ1n) is 12.4. The molecule has 0 saturated carbocycles. The number of carbonyl (C=O) groups excluding carboxylic acids is 1. The van der Waals surface area contributed by atoms with Crippen LogP contribution in [0.15, 0.2) is 61.1 Å². The lowest BCUT2D eigenvalue weighted by molar-refractivity contribution is 0.244. The summed E-state index contributed by atoms with van der Waals surface area (Å²) in [7, 11) is 1.60. The van der Waals surface area contributed by atoms with E-state index in [2.05, 4.69) is 20.3 Å². The van der Waals surface area contributed by atoms with Crippen LogP contribution in [0.5, 0.6) is 11.5 Å². The standard InChI is InChI=1S/C28H34N6O3/c1-19(2)34(28(35)31-17-21-7-9-23-24(14-21)33-18-32-23)22-8-10-25(26(16-22)36-3)37-13-5-4-6-20-11-12-30-27(29)15-20/h7-12,14-16,18-19H,4-6,13,17H2,1-3H3,(H2,29,30)(H,31,35)(H,32,33). The second-order valence-corrected chi connectivity index (χ2v) is 9.11. The summed E-state index contributed by atoms with van der Waals surface area (Å²) in [6.07, 6.45) is 6.17. The molecule has 2 aromatic heterocycles. The number of nitrogens with zero attached hydrogens (tertiary/aromatic N) is 3. The maximum atomic E-state index is 13.1. The van der Waals surface area contributed by atoms with E-state index in [1.165, 1.54) is 5.56 Å². The zero-order chi connectivity index (χ0) is 26.2. The molecular formula is C28H34N6O3. The molecule has 0 aliphatic heterocycles. The fraction of sp³-hybridized carbons (Fsp3) is 0.321. The molecule has 4 aromatic rings. The SMILES string of the molecule is COc1cc(N(C(=O)NCc2ccc3nc[nH]c3c2)C(C)C)ccc1OCCCCc1ccnc(N)c1. The Hall–Kier alpha value is -4.27. The lowest BCUT2D eigenvalue weighted by Crippen LogP contribution is -2.44. The van der Waals surface area contributed by atoms with Gasteiger partial charge in [0.15, 0.2) is 11.5 Å². The van der Waals surface area contributed by atoms with Gasteiger partial charge in [-0.15, -0.1) is 0 Å². The number of aryl methyl sites for hydroxylation is 1. The van der Waals surface area contributed by atoms with Gasteiger partial charge in [-0.05, 0) is 80.6 Å². The summed E-state index contributed by atoms with van der Waals surface area (Å²) in [5, 5.41) is 3.02. The van der Waals surface area contributed by atoms with Gasteiger partial charge in [0.1, 0.15) is 5.82 Å². The number of amides is 2. The zero-order valence-electron chi connectivity index (χ0n) is 21.5. The van der Waals surface area contributed by atoms with Crippen molar-refractivity contribution in [3.63, 3.8) is 0 Å². The predicted octanol–water partition coefficient (Wildman–Crippen LogP) is 5.08. The number of unbranched alkanes of at least 4 members (excludes halogenated alkanes) is 1. The van der Waals surface area contributed by atoms with Crippen LogP contribution < -0.4 is 25.4 Å². The number of aromatic amines is 1. The topological polar surface area (TPSA) is 118 Å². The first kappa shape index (κ1) is 25.8. The van der Waals surface area contributed by atoms with Gasteiger partial charge in [0, 0.05) is 30.5 Å². The smallest absolute Gasteiger partial charge is 0.322 e. The quantitative estimate of drug-likeness (QED) is 0.246. The Bertz CT molecular complexity index is 1340. The van der Waals surface area contributed by atoms with Gasteiger partial charge in [-0.2, -0.15) is 0 Å². The van der Waals surface area contributed by atoms with E-state index in [1.54, 1.807) is 24.5 Å². The van der Waals surface area contributed by atoms with E-state index in [-0.39, 0.29) is 12.1 Å². The Morgan fingerprint density at radius 1 is 1.05 bits per heavy atom. The molecular weight excluding hydrogens is 468 g/mol. The van der Waals surface area contributed by atoms with E-state index in [9.17, 15) is 4.79 Å². The maximum absolute atomic E-state index is 13.1. The Balaban J connectivity index is 1.34. The van der Waals surface area contributed by atoms with Crippen LogP contribution >= 0.6 is 0 Å². The van der Waals surface area contributed by atoms with Crippen LogP contribution in [0.1, 0.15) is 37.8 Å². The second kappa shape index (κ2) is 12.1. The predicted molar refractivity (Wildman–Crippen MR) is 146 cm³/mol. The lowest BCUT2D eigenvalue weighted by atomic mass is 10.1. The molecule has 0 bridgehead atoms. The number of benzene rings is 2. The fourth-order valence-electron chi connectivity index (χ4n) is 4.19. The molecule has 9 heteroatoms. The summed E-state index contributed by atoms with van der Waals surface area (Å²) >= 11 is 0. The number of hydrogen-bond donors (Lipinski definition) is 3. The largest absolute Gasteiger partial charge is 0.493 e. The van der Waals surface area contributed by atoms with Gasteiger partial charge in [-0.1, -0.05) is 6.07 Å². The minimum atomic E-state index is -0.188. The van der Waals surface area contributed by atoms with Gasteiger partial charge in [0.2, 0.25) is 0 Å². The maximum Gasteiger partial charge on any atom is 0.322 e. The first-order valence-corrected chi connectivity index (χ1v) is 12.4. The number of anilines is 2. The molecule has 0 spiro atoms. The summed E-state index contributed by atoms with van der Waals surface area (Å²) in [4.78, 5) is 26.2. The second-order valence-electron chi connectivity index (χ2n) is 9.11. The Morgan fingerprint density at radius 2 is 1.92 bits per heavy atom. The molecule has 0 fully saturated rings. The molecule has 0 unspecified atom stereocenters. The Labute approximate surface area is 217 Å². The molecule has 0 aliphatic carbocycles. The molecule has 37 heavy (non-hydrogen) atoms. The van der Waals surface area contributed by atoms with Crippen LogP contribution in [-0.4, -0.2) is 40.7 Å². The van der Waals surface area contributed by atoms with Crippen molar-refractivity contribution in [1.29, 1.82) is 0 Å². The molecule has 0 saturated heterocycles. The highest BCUT2D eigenvalue weighted by Crippen LogP contribution is 2.33. The summed E-state index contributed by atoms with van der Waals surface area (Å²) in [5.74, 6) is 1.78. The summed E-state index contributed by atoms with van der Waals surface area (Å²) in [6.45, 7) is 4.92. The lowest BCUT2D eigenvalue weighted by Gasteiger charge is -2.28. The number of carbonyl (C=O) groups is 1. The van der Waals surface area contributed by atoms with Gasteiger partial charge in [0.05, 0.1) is 31.1 Å². The van der Waals surface area contributed by atoms with Crippen LogP contribution in [0.25, 0.3) is 11.0 Å². The normalized spacial score (nSPS) is 11.0. The van der Waals surface area contributed by atoms with Crippen LogP contribution in [0.3, 0.4) is 0 Å². The molecule has 0 aliphatic rings. The average molecular weight is 503 g/mol. The van der Waals surface area contributed by atoms with Crippen molar-refractivity contribution in [2.45, 2.75) is 45.7 Å². The summed E-state index contributed by atoms with van der Waals surface area (Å²) in [5.41, 5.74) is 10.5. The minimum Gasteiger partial charge on any atom is -0.493 e. The highest BCUT2D eigenvalue weighted by molar-refractivity contribution is 5.93. The molecule has 9 nitrogen and oxygen atoms in total. The van der Waals surface area contributed by atoms with E-state index >= 15 is 0 Å². The molecule has 2 heterocycles. The third kappa shape index (κ3) is 6.69. The summed E-state index contributed by atoms with van der Waals surface area (Å²) in [6, 6.07) is 15.1. The van der Waals surface area contributed by atoms with Gasteiger partial charge < -0.3 is 25.5 Å². The number of H-pyrrole nitrogens is 1. The molecule has 0 radical (unpaired) electrons. The van der Waals surface area contributed by atoms with Gasteiger partial charge in [0.25, 0.3) is 0 Å². The van der Waals surface area contributed by atoms with E-state index in [0.29, 0.717) is 30.5 Å². The number of aromatic nitrogens is 3. The number of rotatable bonds is 11. The average Bonchev–Trinajstić information content (AvgIpc) is 3.36. The van der Waals surface area contributed by atoms with Crippen molar-refractivity contribution in [2.75, 3.05) is 24.4 Å². The Morgan fingerprint density at radius 3 is 2.70 bits per heavy atom. The molecule has 194 valence electrons. The number of imidazole rings is 1. The molecule has 0 atom stereocenters. The van der Waals surface area contributed by atoms with Crippen LogP contribution in [-0.2, 0) is 13.0 Å². The summed E-state index contributed by atoms with van der Waals surface area (Å²) < 4.78 is 11.6. The van der Waals surface area contributed by atoms with E-state index in [1.807, 2.05) is 62.4 Å². The van der Waals surface area contributed by atoms with E-state index in [4.69, 9.17) is 15.2 Å². The van der Waals surface area contributed by atoms with Crippen LogP contribution in [0.2, 0.25) is 0 Å². The first-order chi connectivity index (χ1) is 17.9. The highest BCUT2D eigenvalue weighted by atomic mass is 16.5.